The van der Waals surface area contributed by atoms with Crippen LogP contribution in [0.15, 0.2) is 30.3 Å². The van der Waals surface area contributed by atoms with Gasteiger partial charge in [0, 0.05) is 17.6 Å². The normalized spacial score (nSPS) is 25.1. The average Bonchev–Trinajstić information content (AvgIpc) is 2.75. The summed E-state index contributed by atoms with van der Waals surface area (Å²) >= 11 is 0. The van der Waals surface area contributed by atoms with Crippen LogP contribution < -0.4 is 5.32 Å². The van der Waals surface area contributed by atoms with Crippen LogP contribution in [-0.2, 0) is 9.47 Å². The van der Waals surface area contributed by atoms with E-state index in [0.717, 1.165) is 12.1 Å². The Hall–Kier alpha value is -0.900. The molecule has 17 heavy (non-hydrogen) atoms. The molecule has 1 fully saturated rings. The predicted molar refractivity (Wildman–Crippen MR) is 67.8 cm³/mol. The van der Waals surface area contributed by atoms with Gasteiger partial charge in [0.05, 0.1) is 12.7 Å². The predicted octanol–water partition coefficient (Wildman–Crippen LogP) is 2.49. The second-order valence-electron chi connectivity index (χ2n) is 5.46. The first-order valence-electron chi connectivity index (χ1n) is 6.12. The summed E-state index contributed by atoms with van der Waals surface area (Å²) in [5.41, 5.74) is 1.21. The summed E-state index contributed by atoms with van der Waals surface area (Å²) in [4.78, 5) is 0. The Morgan fingerprint density at radius 3 is 2.59 bits per heavy atom. The van der Waals surface area contributed by atoms with Crippen molar-refractivity contribution in [2.75, 3.05) is 13.2 Å². The summed E-state index contributed by atoms with van der Waals surface area (Å²) in [7, 11) is 0. The van der Waals surface area contributed by atoms with Crippen molar-refractivity contribution in [3.63, 3.8) is 0 Å². The molecule has 0 amide bonds. The molecule has 0 saturated carbocycles. The topological polar surface area (TPSA) is 30.5 Å². The van der Waals surface area contributed by atoms with Crippen LogP contribution in [0.5, 0.6) is 0 Å². The van der Waals surface area contributed by atoms with Gasteiger partial charge in [-0.2, -0.15) is 0 Å². The first-order chi connectivity index (χ1) is 8.04. The Balaban J connectivity index is 1.84. The van der Waals surface area contributed by atoms with E-state index < -0.39 is 0 Å². The number of rotatable bonds is 3. The minimum absolute atomic E-state index is 0.119. The van der Waals surface area contributed by atoms with E-state index in [9.17, 15) is 0 Å². The second-order valence-corrected chi connectivity index (χ2v) is 5.46. The molecule has 3 nitrogen and oxygen atoms in total. The van der Waals surface area contributed by atoms with Crippen molar-refractivity contribution in [2.45, 2.75) is 38.7 Å². The SMILES string of the molecule is CC(C)(C)NCC1COC(c2ccccc2)O1. The smallest absolute Gasteiger partial charge is 0.184 e. The molecular formula is C14H21NO2. The Morgan fingerprint density at radius 1 is 1.24 bits per heavy atom. The van der Waals surface area contributed by atoms with Gasteiger partial charge in [-0.05, 0) is 20.8 Å². The number of hydrogen-bond acceptors (Lipinski definition) is 3. The molecule has 0 bridgehead atoms. The molecule has 1 heterocycles. The van der Waals surface area contributed by atoms with Crippen LogP contribution in [0.2, 0.25) is 0 Å². The molecule has 2 atom stereocenters. The van der Waals surface area contributed by atoms with Gasteiger partial charge in [0.2, 0.25) is 0 Å². The maximum atomic E-state index is 5.86. The molecule has 1 aliphatic rings. The van der Waals surface area contributed by atoms with E-state index in [-0.39, 0.29) is 17.9 Å². The Labute approximate surface area is 103 Å². The first kappa shape index (κ1) is 12.6. The molecule has 0 radical (unpaired) electrons. The molecule has 0 spiro atoms. The van der Waals surface area contributed by atoms with Crippen LogP contribution in [0, 0.1) is 0 Å². The van der Waals surface area contributed by atoms with Crippen molar-refractivity contribution in [2.24, 2.45) is 0 Å². The fourth-order valence-corrected chi connectivity index (χ4v) is 1.76. The molecule has 1 aliphatic heterocycles. The van der Waals surface area contributed by atoms with Gasteiger partial charge in [0.15, 0.2) is 6.29 Å². The van der Waals surface area contributed by atoms with Crippen LogP contribution in [0.4, 0.5) is 0 Å². The summed E-state index contributed by atoms with van der Waals surface area (Å²) in [6.45, 7) is 7.93. The van der Waals surface area contributed by atoms with E-state index in [2.05, 4.69) is 26.1 Å². The third-order valence-electron chi connectivity index (χ3n) is 2.68. The van der Waals surface area contributed by atoms with Crippen molar-refractivity contribution < 1.29 is 9.47 Å². The van der Waals surface area contributed by atoms with Crippen molar-refractivity contribution in [3.8, 4) is 0 Å². The van der Waals surface area contributed by atoms with Gasteiger partial charge >= 0.3 is 0 Å². The molecule has 1 saturated heterocycles. The van der Waals surface area contributed by atoms with Crippen LogP contribution >= 0.6 is 0 Å². The van der Waals surface area contributed by atoms with Gasteiger partial charge in [0.1, 0.15) is 0 Å². The van der Waals surface area contributed by atoms with Crippen LogP contribution in [-0.4, -0.2) is 24.8 Å². The molecule has 1 aromatic rings. The molecular weight excluding hydrogens is 214 g/mol. The highest BCUT2D eigenvalue weighted by Gasteiger charge is 2.27. The molecule has 0 aromatic heterocycles. The quantitative estimate of drug-likeness (QED) is 0.873. The lowest BCUT2D eigenvalue weighted by Gasteiger charge is -2.22. The highest BCUT2D eigenvalue weighted by molar-refractivity contribution is 5.16. The maximum absolute atomic E-state index is 5.86. The minimum Gasteiger partial charge on any atom is -0.346 e. The van der Waals surface area contributed by atoms with Crippen LogP contribution in [0.1, 0.15) is 32.6 Å². The number of nitrogens with one attached hydrogen (secondary N) is 1. The highest BCUT2D eigenvalue weighted by Crippen LogP contribution is 2.26. The van der Waals surface area contributed by atoms with Crippen molar-refractivity contribution in [1.82, 2.24) is 5.32 Å². The molecule has 94 valence electrons. The average molecular weight is 235 g/mol. The van der Waals surface area contributed by atoms with Gasteiger partial charge in [0.25, 0.3) is 0 Å². The molecule has 3 heteroatoms. The standard InChI is InChI=1S/C14H21NO2/c1-14(2,3)15-9-12-10-16-13(17-12)11-7-5-4-6-8-11/h4-8,12-13,15H,9-10H2,1-3H3. The van der Waals surface area contributed by atoms with Crippen molar-refractivity contribution in [1.29, 1.82) is 0 Å². The number of ether oxygens (including phenoxy) is 2. The van der Waals surface area contributed by atoms with Crippen LogP contribution in [0.3, 0.4) is 0 Å². The third kappa shape index (κ3) is 3.80. The lowest BCUT2D eigenvalue weighted by atomic mass is 10.1. The molecule has 2 rings (SSSR count). The van der Waals surface area contributed by atoms with E-state index in [4.69, 9.17) is 9.47 Å². The van der Waals surface area contributed by atoms with Crippen molar-refractivity contribution in [3.05, 3.63) is 35.9 Å². The van der Waals surface area contributed by atoms with Crippen molar-refractivity contribution >= 4 is 0 Å². The van der Waals surface area contributed by atoms with E-state index in [1.807, 2.05) is 30.3 Å². The van der Waals surface area contributed by atoms with Crippen LogP contribution in [0.25, 0.3) is 0 Å². The van der Waals surface area contributed by atoms with Gasteiger partial charge < -0.3 is 14.8 Å². The zero-order chi connectivity index (χ0) is 12.3. The Morgan fingerprint density at radius 2 is 1.94 bits per heavy atom. The highest BCUT2D eigenvalue weighted by atomic mass is 16.7. The summed E-state index contributed by atoms with van der Waals surface area (Å²) in [6, 6.07) is 10.1. The van der Waals surface area contributed by atoms with E-state index in [1.165, 1.54) is 0 Å². The van der Waals surface area contributed by atoms with Gasteiger partial charge in [-0.15, -0.1) is 0 Å². The number of benzene rings is 1. The van der Waals surface area contributed by atoms with Gasteiger partial charge in [-0.3, -0.25) is 0 Å². The van der Waals surface area contributed by atoms with E-state index >= 15 is 0 Å². The molecule has 1 aromatic carbocycles. The molecule has 0 aliphatic carbocycles. The van der Waals surface area contributed by atoms with E-state index in [0.29, 0.717) is 6.61 Å². The summed E-state index contributed by atoms with van der Waals surface area (Å²) in [5.74, 6) is 0. The third-order valence-corrected chi connectivity index (χ3v) is 2.68. The second kappa shape index (κ2) is 5.17. The fourth-order valence-electron chi connectivity index (χ4n) is 1.76. The summed E-state index contributed by atoms with van der Waals surface area (Å²) in [5, 5.41) is 3.43. The maximum Gasteiger partial charge on any atom is 0.184 e. The Kier molecular flexibility index (Phi) is 3.82. The monoisotopic (exact) mass is 235 g/mol. The minimum atomic E-state index is -0.206. The Bertz CT molecular complexity index is 345. The van der Waals surface area contributed by atoms with E-state index in [1.54, 1.807) is 0 Å². The zero-order valence-corrected chi connectivity index (χ0v) is 10.8. The van der Waals surface area contributed by atoms with Gasteiger partial charge in [-0.1, -0.05) is 30.3 Å². The fraction of sp³-hybridized carbons (Fsp3) is 0.571. The lowest BCUT2D eigenvalue weighted by Crippen LogP contribution is -2.41. The lowest BCUT2D eigenvalue weighted by molar-refractivity contribution is -0.0602. The first-order valence-corrected chi connectivity index (χ1v) is 6.12. The zero-order valence-electron chi connectivity index (χ0n) is 10.8. The largest absolute Gasteiger partial charge is 0.346 e. The summed E-state index contributed by atoms with van der Waals surface area (Å²) < 4.78 is 11.5. The molecule has 1 N–H and O–H groups in total. The molecule has 2 unspecified atom stereocenters. The van der Waals surface area contributed by atoms with Gasteiger partial charge in [-0.25, -0.2) is 0 Å². The summed E-state index contributed by atoms with van der Waals surface area (Å²) in [6.07, 6.45) is -0.0672. The number of hydrogen-bond donors (Lipinski definition) is 1.